The molecule has 3 unspecified atom stereocenters. The molecule has 3 heteroatoms. The summed E-state index contributed by atoms with van der Waals surface area (Å²) >= 11 is 0. The highest BCUT2D eigenvalue weighted by atomic mass is 16.2. The van der Waals surface area contributed by atoms with Gasteiger partial charge in [-0.3, -0.25) is 4.79 Å². The first-order chi connectivity index (χ1) is 10.1. The van der Waals surface area contributed by atoms with E-state index in [4.69, 9.17) is 0 Å². The van der Waals surface area contributed by atoms with Crippen molar-refractivity contribution in [1.29, 1.82) is 0 Å². The van der Waals surface area contributed by atoms with Crippen LogP contribution in [-0.4, -0.2) is 18.5 Å². The molecule has 116 valence electrons. The minimum Gasteiger partial charge on any atom is -0.325 e. The molecule has 1 aliphatic carbocycles. The third-order valence-corrected chi connectivity index (χ3v) is 4.69. The number of anilines is 1. The first-order valence-electron chi connectivity index (χ1n) is 8.17. The van der Waals surface area contributed by atoms with Gasteiger partial charge in [0.15, 0.2) is 0 Å². The fraction of sp³-hybridized carbons (Fsp3) is 0.611. The highest BCUT2D eigenvalue weighted by Crippen LogP contribution is 2.28. The second-order valence-electron chi connectivity index (χ2n) is 6.51. The van der Waals surface area contributed by atoms with Crippen LogP contribution in [0.5, 0.6) is 0 Å². The van der Waals surface area contributed by atoms with E-state index in [1.54, 1.807) is 0 Å². The number of carbonyl (C=O) groups excluding carboxylic acids is 1. The summed E-state index contributed by atoms with van der Waals surface area (Å²) in [5, 5.41) is 6.37. The summed E-state index contributed by atoms with van der Waals surface area (Å²) in [5.74, 6) is 1.54. The maximum absolute atomic E-state index is 12.2. The fourth-order valence-corrected chi connectivity index (χ4v) is 3.00. The molecular weight excluding hydrogens is 260 g/mol. The van der Waals surface area contributed by atoms with Crippen molar-refractivity contribution in [2.75, 3.05) is 11.9 Å². The number of hydrogen-bond donors (Lipinski definition) is 2. The van der Waals surface area contributed by atoms with Crippen LogP contribution < -0.4 is 10.6 Å². The third-order valence-electron chi connectivity index (χ3n) is 4.69. The topological polar surface area (TPSA) is 41.1 Å². The Morgan fingerprint density at radius 1 is 1.24 bits per heavy atom. The molecule has 0 spiro atoms. The van der Waals surface area contributed by atoms with Gasteiger partial charge in [0.05, 0.1) is 6.04 Å². The molecule has 3 nitrogen and oxygen atoms in total. The summed E-state index contributed by atoms with van der Waals surface area (Å²) in [4.78, 5) is 12.2. The quantitative estimate of drug-likeness (QED) is 0.866. The predicted octanol–water partition coefficient (Wildman–Crippen LogP) is 3.74. The molecule has 0 bridgehead atoms. The van der Waals surface area contributed by atoms with E-state index in [-0.39, 0.29) is 11.9 Å². The van der Waals surface area contributed by atoms with Crippen LogP contribution >= 0.6 is 0 Å². The fourth-order valence-electron chi connectivity index (χ4n) is 3.00. The lowest BCUT2D eigenvalue weighted by Gasteiger charge is -2.29. The smallest absolute Gasteiger partial charge is 0.241 e. The zero-order valence-corrected chi connectivity index (χ0v) is 13.5. The molecule has 1 aliphatic rings. The molecule has 2 N–H and O–H groups in total. The van der Waals surface area contributed by atoms with Crippen LogP contribution in [-0.2, 0) is 4.79 Å². The third kappa shape index (κ3) is 4.85. The van der Waals surface area contributed by atoms with Crippen LogP contribution in [0.15, 0.2) is 24.3 Å². The molecular formula is C18H28N2O. The van der Waals surface area contributed by atoms with Crippen molar-refractivity contribution in [2.24, 2.45) is 11.8 Å². The van der Waals surface area contributed by atoms with Gasteiger partial charge in [0.25, 0.3) is 0 Å². The zero-order valence-electron chi connectivity index (χ0n) is 13.5. The largest absolute Gasteiger partial charge is 0.325 e. The Labute approximate surface area is 128 Å². The SMILES string of the molecule is Cc1ccc(NC(=O)C(C)NCC2CCCCC2C)cc1. The van der Waals surface area contributed by atoms with Crippen LogP contribution in [0.1, 0.15) is 45.1 Å². The van der Waals surface area contributed by atoms with Gasteiger partial charge in [-0.05, 0) is 50.8 Å². The van der Waals surface area contributed by atoms with Gasteiger partial charge < -0.3 is 10.6 Å². The second kappa shape index (κ2) is 7.60. The lowest BCUT2D eigenvalue weighted by molar-refractivity contribution is -0.117. The summed E-state index contributed by atoms with van der Waals surface area (Å²) in [6, 6.07) is 7.77. The standard InChI is InChI=1S/C18H28N2O/c1-13-8-10-17(11-9-13)20-18(21)15(3)19-12-16-7-5-4-6-14(16)2/h8-11,14-16,19H,4-7,12H2,1-3H3,(H,20,21). The second-order valence-corrected chi connectivity index (χ2v) is 6.51. The molecule has 0 saturated heterocycles. The van der Waals surface area contributed by atoms with Crippen molar-refractivity contribution in [2.45, 2.75) is 52.5 Å². The van der Waals surface area contributed by atoms with Crippen molar-refractivity contribution in [3.8, 4) is 0 Å². The number of aryl methyl sites for hydroxylation is 1. The summed E-state index contributed by atoms with van der Waals surface area (Å²) in [5.41, 5.74) is 2.07. The van der Waals surface area contributed by atoms with Gasteiger partial charge in [-0.15, -0.1) is 0 Å². The van der Waals surface area contributed by atoms with E-state index >= 15 is 0 Å². The predicted molar refractivity (Wildman–Crippen MR) is 88.4 cm³/mol. The van der Waals surface area contributed by atoms with Crippen LogP contribution in [0, 0.1) is 18.8 Å². The monoisotopic (exact) mass is 288 g/mol. The Balaban J connectivity index is 1.78. The number of rotatable bonds is 5. The van der Waals surface area contributed by atoms with Gasteiger partial charge in [0.1, 0.15) is 0 Å². The molecule has 1 amide bonds. The number of carbonyl (C=O) groups is 1. The highest BCUT2D eigenvalue weighted by molar-refractivity contribution is 5.94. The maximum Gasteiger partial charge on any atom is 0.241 e. The Morgan fingerprint density at radius 2 is 1.90 bits per heavy atom. The minimum atomic E-state index is -0.152. The number of amides is 1. The molecule has 21 heavy (non-hydrogen) atoms. The molecule has 1 aromatic rings. The Kier molecular flexibility index (Phi) is 5.80. The molecule has 1 saturated carbocycles. The lowest BCUT2D eigenvalue weighted by atomic mass is 9.80. The van der Waals surface area contributed by atoms with E-state index in [1.807, 2.05) is 38.1 Å². The van der Waals surface area contributed by atoms with Gasteiger partial charge in [-0.25, -0.2) is 0 Å². The van der Waals surface area contributed by atoms with Gasteiger partial charge in [0, 0.05) is 5.69 Å². The van der Waals surface area contributed by atoms with Crippen molar-refractivity contribution >= 4 is 11.6 Å². The lowest BCUT2D eigenvalue weighted by Crippen LogP contribution is -2.41. The van der Waals surface area contributed by atoms with Gasteiger partial charge in [0.2, 0.25) is 5.91 Å². The average Bonchev–Trinajstić information content (AvgIpc) is 2.48. The number of nitrogens with one attached hydrogen (secondary N) is 2. The number of hydrogen-bond acceptors (Lipinski definition) is 2. The molecule has 0 aromatic heterocycles. The molecule has 1 aromatic carbocycles. The van der Waals surface area contributed by atoms with Gasteiger partial charge in [-0.1, -0.05) is 43.9 Å². The van der Waals surface area contributed by atoms with E-state index in [2.05, 4.69) is 17.6 Å². The van der Waals surface area contributed by atoms with Crippen molar-refractivity contribution in [3.63, 3.8) is 0 Å². The molecule has 0 radical (unpaired) electrons. The summed E-state index contributed by atoms with van der Waals surface area (Å²) in [7, 11) is 0. The van der Waals surface area contributed by atoms with Crippen molar-refractivity contribution in [3.05, 3.63) is 29.8 Å². The Hall–Kier alpha value is -1.35. The van der Waals surface area contributed by atoms with Crippen LogP contribution in [0.25, 0.3) is 0 Å². The van der Waals surface area contributed by atoms with Crippen LogP contribution in [0.2, 0.25) is 0 Å². The molecule has 3 atom stereocenters. The normalized spacial score (nSPS) is 23.6. The maximum atomic E-state index is 12.2. The molecule has 1 fully saturated rings. The Morgan fingerprint density at radius 3 is 2.57 bits per heavy atom. The van der Waals surface area contributed by atoms with E-state index in [0.717, 1.165) is 18.2 Å². The van der Waals surface area contributed by atoms with E-state index in [1.165, 1.54) is 31.2 Å². The first-order valence-corrected chi connectivity index (χ1v) is 8.17. The van der Waals surface area contributed by atoms with Crippen LogP contribution in [0.3, 0.4) is 0 Å². The summed E-state index contributed by atoms with van der Waals surface area (Å²) in [6.45, 7) is 7.27. The first kappa shape index (κ1) is 16.0. The Bertz CT molecular complexity index is 455. The molecule has 0 heterocycles. The minimum absolute atomic E-state index is 0.0438. The van der Waals surface area contributed by atoms with Gasteiger partial charge >= 0.3 is 0 Å². The van der Waals surface area contributed by atoms with E-state index in [0.29, 0.717) is 5.92 Å². The number of benzene rings is 1. The summed E-state index contributed by atoms with van der Waals surface area (Å²) < 4.78 is 0. The molecule has 2 rings (SSSR count). The zero-order chi connectivity index (χ0) is 15.2. The van der Waals surface area contributed by atoms with E-state index in [9.17, 15) is 4.79 Å². The van der Waals surface area contributed by atoms with Crippen molar-refractivity contribution < 1.29 is 4.79 Å². The molecule has 0 aliphatic heterocycles. The summed E-state index contributed by atoms with van der Waals surface area (Å²) in [6.07, 6.45) is 5.32. The van der Waals surface area contributed by atoms with Crippen molar-refractivity contribution in [1.82, 2.24) is 5.32 Å². The van der Waals surface area contributed by atoms with Crippen LogP contribution in [0.4, 0.5) is 5.69 Å². The van der Waals surface area contributed by atoms with Gasteiger partial charge in [-0.2, -0.15) is 0 Å². The highest BCUT2D eigenvalue weighted by Gasteiger charge is 2.22. The average molecular weight is 288 g/mol. The van der Waals surface area contributed by atoms with E-state index < -0.39 is 0 Å².